The number of fused-ring (bicyclic) bond motifs is 2. The molecule has 0 bridgehead atoms. The molecule has 0 saturated carbocycles. The van der Waals surface area contributed by atoms with Gasteiger partial charge in [0.1, 0.15) is 0 Å². The van der Waals surface area contributed by atoms with Crippen molar-refractivity contribution < 1.29 is 24.1 Å². The Hall–Kier alpha value is -3.19. The molecule has 7 nitrogen and oxygen atoms in total. The van der Waals surface area contributed by atoms with Gasteiger partial charge in [0.05, 0.1) is 0 Å². The van der Waals surface area contributed by atoms with Gasteiger partial charge >= 0.3 is 0 Å². The average Bonchev–Trinajstić information content (AvgIpc) is 2.66. The lowest BCUT2D eigenvalue weighted by molar-refractivity contribution is -0.136. The lowest BCUT2D eigenvalue weighted by Crippen LogP contribution is -2.39. The fourth-order valence-corrected chi connectivity index (χ4v) is 3.27. The Kier molecular flexibility index (Phi) is 5.70. The van der Waals surface area contributed by atoms with Gasteiger partial charge in [0.15, 0.2) is 11.5 Å². The summed E-state index contributed by atoms with van der Waals surface area (Å²) in [4.78, 5) is 46.8. The molecule has 0 spiro atoms. The summed E-state index contributed by atoms with van der Waals surface area (Å²) < 4.78 is 0. The highest BCUT2D eigenvalue weighted by molar-refractivity contribution is 6.57. The SMILES string of the molecule is CCCC(C)(C)C(=O)NOc1cc2cc3c(cc2cc1ONC)=CC(=O)C(=O)C=3. The second-order valence-corrected chi connectivity index (χ2v) is 7.62. The predicted octanol–water partition coefficient (Wildman–Crippen LogP) is 1.30. The average molecular weight is 396 g/mol. The van der Waals surface area contributed by atoms with Crippen molar-refractivity contribution >= 4 is 40.4 Å². The first-order valence-electron chi connectivity index (χ1n) is 9.45. The van der Waals surface area contributed by atoms with E-state index >= 15 is 0 Å². The van der Waals surface area contributed by atoms with Gasteiger partial charge in [0.2, 0.25) is 11.6 Å². The van der Waals surface area contributed by atoms with Gasteiger partial charge in [-0.1, -0.05) is 27.2 Å². The topological polar surface area (TPSA) is 93.7 Å². The Bertz CT molecular complexity index is 1120. The van der Waals surface area contributed by atoms with Crippen molar-refractivity contribution in [1.82, 2.24) is 11.0 Å². The summed E-state index contributed by atoms with van der Waals surface area (Å²) in [6.07, 6.45) is 4.26. The van der Waals surface area contributed by atoms with E-state index in [-0.39, 0.29) is 5.91 Å². The largest absolute Gasteiger partial charge is 0.405 e. The zero-order valence-corrected chi connectivity index (χ0v) is 16.9. The van der Waals surface area contributed by atoms with Crippen LogP contribution >= 0.6 is 0 Å². The minimum Gasteiger partial charge on any atom is -0.405 e. The van der Waals surface area contributed by atoms with Crippen LogP contribution in [0.3, 0.4) is 0 Å². The first-order valence-corrected chi connectivity index (χ1v) is 9.45. The Labute approximate surface area is 168 Å². The molecule has 2 aromatic rings. The molecule has 0 fully saturated rings. The van der Waals surface area contributed by atoms with Crippen LogP contribution in [0.4, 0.5) is 0 Å². The monoisotopic (exact) mass is 396 g/mol. The van der Waals surface area contributed by atoms with Gasteiger partial charge in [-0.15, -0.1) is 0 Å². The molecule has 2 aromatic carbocycles. The molecule has 0 heterocycles. The third kappa shape index (κ3) is 4.30. The highest BCUT2D eigenvalue weighted by Gasteiger charge is 2.27. The third-order valence-corrected chi connectivity index (χ3v) is 4.88. The van der Waals surface area contributed by atoms with Gasteiger partial charge in [-0.2, -0.15) is 11.0 Å². The van der Waals surface area contributed by atoms with Crippen molar-refractivity contribution in [2.24, 2.45) is 5.41 Å². The summed E-state index contributed by atoms with van der Waals surface area (Å²) in [7, 11) is 1.61. The van der Waals surface area contributed by atoms with Crippen LogP contribution in [0.1, 0.15) is 33.6 Å². The van der Waals surface area contributed by atoms with E-state index in [1.54, 1.807) is 31.3 Å². The lowest BCUT2D eigenvalue weighted by atomic mass is 9.87. The Morgan fingerprint density at radius 2 is 1.45 bits per heavy atom. The number of benzene rings is 2. The van der Waals surface area contributed by atoms with E-state index < -0.39 is 17.0 Å². The van der Waals surface area contributed by atoms with E-state index in [1.165, 1.54) is 12.2 Å². The molecule has 2 N–H and O–H groups in total. The van der Waals surface area contributed by atoms with Crippen molar-refractivity contribution in [3.8, 4) is 11.5 Å². The zero-order valence-electron chi connectivity index (χ0n) is 16.9. The summed E-state index contributed by atoms with van der Waals surface area (Å²) in [6, 6.07) is 7.05. The molecule has 1 aliphatic carbocycles. The summed E-state index contributed by atoms with van der Waals surface area (Å²) in [6.45, 7) is 5.74. The molecule has 0 aliphatic heterocycles. The molecule has 0 saturated heterocycles. The normalized spacial score (nSPS) is 13.4. The number of hydrogen-bond acceptors (Lipinski definition) is 6. The van der Waals surface area contributed by atoms with Gasteiger partial charge in [0.25, 0.3) is 5.91 Å². The number of hydrogen-bond donors (Lipinski definition) is 2. The Balaban J connectivity index is 2.00. The van der Waals surface area contributed by atoms with Crippen LogP contribution in [0, 0.1) is 5.41 Å². The standard InChI is InChI=1S/C22H24N2O5/c1-5-6-22(2,3)21(27)24-29-20-12-16-8-14-10-18(26)17(25)9-13(14)7-15(16)11-19(20)28-23-4/h7-12,23H,5-6H2,1-4H3,(H,24,27). The maximum Gasteiger partial charge on any atom is 0.258 e. The summed E-state index contributed by atoms with van der Waals surface area (Å²) in [5.74, 6) is -0.632. The second kappa shape index (κ2) is 8.05. The van der Waals surface area contributed by atoms with Crippen molar-refractivity contribution in [3.05, 3.63) is 34.7 Å². The summed E-state index contributed by atoms with van der Waals surface area (Å²) in [5.41, 5.74) is 4.54. The van der Waals surface area contributed by atoms with Gasteiger partial charge in [-0.25, -0.2) is 0 Å². The number of Topliss-reactive ketones (excluding diaryl/α,β-unsaturated/α-hetero) is 2. The molecule has 1 amide bonds. The highest BCUT2D eigenvalue weighted by Crippen LogP contribution is 2.31. The van der Waals surface area contributed by atoms with E-state index in [2.05, 4.69) is 11.0 Å². The van der Waals surface area contributed by atoms with Crippen LogP contribution in [0.25, 0.3) is 22.9 Å². The van der Waals surface area contributed by atoms with Crippen molar-refractivity contribution in [2.75, 3.05) is 7.05 Å². The zero-order chi connectivity index (χ0) is 21.2. The molecule has 0 aromatic heterocycles. The number of carbonyl (C=O) groups is 3. The first kappa shape index (κ1) is 20.5. The molecule has 0 unspecified atom stereocenters. The maximum absolute atomic E-state index is 12.4. The second-order valence-electron chi connectivity index (χ2n) is 7.62. The molecule has 152 valence electrons. The molecular weight excluding hydrogens is 372 g/mol. The smallest absolute Gasteiger partial charge is 0.258 e. The van der Waals surface area contributed by atoms with E-state index in [9.17, 15) is 14.4 Å². The van der Waals surface area contributed by atoms with E-state index in [0.29, 0.717) is 21.9 Å². The van der Waals surface area contributed by atoms with E-state index in [1.807, 2.05) is 20.8 Å². The number of rotatable bonds is 7. The van der Waals surface area contributed by atoms with Crippen LogP contribution in [-0.4, -0.2) is 24.5 Å². The Morgan fingerprint density at radius 3 is 1.93 bits per heavy atom. The molecule has 1 aliphatic rings. The van der Waals surface area contributed by atoms with Crippen LogP contribution in [0.2, 0.25) is 0 Å². The predicted molar refractivity (Wildman–Crippen MR) is 109 cm³/mol. The molecule has 29 heavy (non-hydrogen) atoms. The van der Waals surface area contributed by atoms with E-state index in [4.69, 9.17) is 9.68 Å². The summed E-state index contributed by atoms with van der Waals surface area (Å²) in [5, 5.41) is 2.89. The van der Waals surface area contributed by atoms with Gasteiger partial charge in [-0.05, 0) is 64.0 Å². The van der Waals surface area contributed by atoms with Crippen LogP contribution < -0.4 is 31.1 Å². The van der Waals surface area contributed by atoms with Crippen LogP contribution in [0.5, 0.6) is 11.5 Å². The fourth-order valence-electron chi connectivity index (χ4n) is 3.27. The molecule has 0 atom stereocenters. The van der Waals surface area contributed by atoms with Crippen molar-refractivity contribution in [2.45, 2.75) is 33.6 Å². The van der Waals surface area contributed by atoms with Crippen molar-refractivity contribution in [3.63, 3.8) is 0 Å². The minimum absolute atomic E-state index is 0.229. The van der Waals surface area contributed by atoms with Gasteiger partial charge in [-0.3, -0.25) is 14.4 Å². The first-order chi connectivity index (χ1) is 13.7. The molecule has 3 rings (SSSR count). The molecule has 0 radical (unpaired) electrons. The number of amides is 1. The maximum atomic E-state index is 12.4. The lowest BCUT2D eigenvalue weighted by Gasteiger charge is -2.23. The van der Waals surface area contributed by atoms with Crippen LogP contribution in [0.15, 0.2) is 24.3 Å². The van der Waals surface area contributed by atoms with E-state index in [0.717, 1.165) is 23.6 Å². The number of carbonyl (C=O) groups excluding carboxylic acids is 3. The highest BCUT2D eigenvalue weighted by atomic mass is 16.7. The third-order valence-electron chi connectivity index (χ3n) is 4.88. The van der Waals surface area contributed by atoms with Gasteiger partial charge in [0, 0.05) is 12.5 Å². The number of ketones is 2. The quantitative estimate of drug-likeness (QED) is 0.541. The minimum atomic E-state index is -0.563. The fraction of sp³-hybridized carbons (Fsp3) is 0.318. The molecule has 7 heteroatoms. The Morgan fingerprint density at radius 1 is 0.931 bits per heavy atom. The molecular formula is C22H24N2O5. The van der Waals surface area contributed by atoms with Crippen LogP contribution in [-0.2, 0) is 14.4 Å². The number of nitrogens with one attached hydrogen (secondary N) is 2. The summed E-state index contributed by atoms with van der Waals surface area (Å²) >= 11 is 0. The van der Waals surface area contributed by atoms with Gasteiger partial charge < -0.3 is 9.68 Å². The van der Waals surface area contributed by atoms with Crippen molar-refractivity contribution in [1.29, 1.82) is 0 Å². The number of hydroxylamine groups is 2.